The zero-order chi connectivity index (χ0) is 25.1. The van der Waals surface area contributed by atoms with Crippen molar-refractivity contribution in [2.75, 3.05) is 0 Å². The Kier molecular flexibility index (Phi) is 5.34. The van der Waals surface area contributed by atoms with Gasteiger partial charge in [0, 0.05) is 5.92 Å². The highest BCUT2D eigenvalue weighted by Crippen LogP contribution is 2.77. The van der Waals surface area contributed by atoms with Gasteiger partial charge in [0.05, 0.1) is 17.1 Å². The van der Waals surface area contributed by atoms with E-state index in [1.54, 1.807) is 0 Å². The Morgan fingerprint density at radius 2 is 1.44 bits per heavy atom. The van der Waals surface area contributed by atoms with Crippen LogP contribution in [0.1, 0.15) is 113 Å². The molecule has 0 unspecified atom stereocenters. The van der Waals surface area contributed by atoms with E-state index in [2.05, 4.69) is 41.5 Å². The molecule has 5 rings (SSSR count). The van der Waals surface area contributed by atoms with Crippen LogP contribution in [-0.4, -0.2) is 33.0 Å². The van der Waals surface area contributed by atoms with Gasteiger partial charge in [-0.1, -0.05) is 41.5 Å². The lowest BCUT2D eigenvalue weighted by atomic mass is 9.31. The summed E-state index contributed by atoms with van der Waals surface area (Å²) < 4.78 is 0. The number of aliphatic carboxylic acids is 1. The van der Waals surface area contributed by atoms with Gasteiger partial charge in [-0.25, -0.2) is 0 Å². The van der Waals surface area contributed by atoms with Crippen LogP contribution in [0.4, 0.5) is 0 Å². The Morgan fingerprint density at radius 1 is 0.765 bits per heavy atom. The average molecular weight is 475 g/mol. The van der Waals surface area contributed by atoms with Crippen LogP contribution in [0.2, 0.25) is 0 Å². The molecule has 5 fully saturated rings. The number of carbonyl (C=O) groups is 1. The zero-order valence-corrected chi connectivity index (χ0v) is 22.8. The monoisotopic (exact) mass is 474 g/mol. The van der Waals surface area contributed by atoms with E-state index in [0.717, 1.165) is 51.4 Å². The summed E-state index contributed by atoms with van der Waals surface area (Å²) >= 11 is 0. The van der Waals surface area contributed by atoms with E-state index in [-0.39, 0.29) is 45.5 Å². The van der Waals surface area contributed by atoms with Crippen molar-refractivity contribution in [3.05, 3.63) is 0 Å². The van der Waals surface area contributed by atoms with Crippen LogP contribution < -0.4 is 0 Å². The summed E-state index contributed by atoms with van der Waals surface area (Å²) in [4.78, 5) is 12.9. The van der Waals surface area contributed by atoms with Gasteiger partial charge in [-0.3, -0.25) is 4.79 Å². The lowest BCUT2D eigenvalue weighted by molar-refractivity contribution is -0.277. The lowest BCUT2D eigenvalue weighted by Crippen LogP contribution is -2.70. The van der Waals surface area contributed by atoms with E-state index in [4.69, 9.17) is 0 Å². The molecule has 5 saturated carbocycles. The largest absolute Gasteiger partial charge is 0.481 e. The Hall–Kier alpha value is -0.610. The molecular formula is C30H50O4. The number of aliphatic hydroxyl groups excluding tert-OH is 1. The van der Waals surface area contributed by atoms with Crippen LogP contribution in [-0.2, 0) is 4.79 Å². The summed E-state index contributed by atoms with van der Waals surface area (Å²) in [7, 11) is 0. The second-order valence-electron chi connectivity index (χ2n) is 15.1. The van der Waals surface area contributed by atoms with Gasteiger partial charge in [0.1, 0.15) is 0 Å². The first-order chi connectivity index (χ1) is 15.6. The molecule has 3 N–H and O–H groups in total. The molecule has 34 heavy (non-hydrogen) atoms. The molecule has 0 radical (unpaired) electrons. The van der Waals surface area contributed by atoms with E-state index in [1.807, 2.05) is 6.92 Å². The molecule has 0 aromatic rings. The SMILES string of the molecule is C[C@@H]1CC[C@]2(C(=O)O)CC[C@]3(C)[C@H](CC[C@@H]4[C@@]5(C)CC[C@H](O)C(C)(C)[C@@H]5CC[C@]43C)[C@H]2[C@]1(C)O. The van der Waals surface area contributed by atoms with Gasteiger partial charge in [-0.15, -0.1) is 0 Å². The number of hydrogen-bond acceptors (Lipinski definition) is 3. The number of aliphatic hydroxyl groups is 2. The van der Waals surface area contributed by atoms with Gasteiger partial charge in [0.15, 0.2) is 0 Å². The normalized spacial score (nSPS) is 58.6. The van der Waals surface area contributed by atoms with Crippen molar-refractivity contribution in [2.45, 2.75) is 124 Å². The van der Waals surface area contributed by atoms with Crippen LogP contribution in [0.5, 0.6) is 0 Å². The highest BCUT2D eigenvalue weighted by Gasteiger charge is 2.73. The molecule has 5 aliphatic rings. The van der Waals surface area contributed by atoms with E-state index < -0.39 is 17.0 Å². The van der Waals surface area contributed by atoms with Crippen molar-refractivity contribution in [2.24, 2.45) is 56.7 Å². The summed E-state index contributed by atoms with van der Waals surface area (Å²) in [6.45, 7) is 16.2. The third kappa shape index (κ3) is 2.77. The van der Waals surface area contributed by atoms with Crippen LogP contribution in [0.3, 0.4) is 0 Å². The Balaban J connectivity index is 1.58. The summed E-state index contributed by atoms with van der Waals surface area (Å²) in [5.41, 5.74) is -1.38. The first-order valence-electron chi connectivity index (χ1n) is 14.2. The topological polar surface area (TPSA) is 77.8 Å². The number of hydrogen-bond donors (Lipinski definition) is 3. The Bertz CT molecular complexity index is 864. The number of fused-ring (bicyclic) bond motifs is 7. The summed E-state index contributed by atoms with van der Waals surface area (Å²) in [6, 6.07) is 0. The van der Waals surface area contributed by atoms with Crippen LogP contribution >= 0.6 is 0 Å². The number of rotatable bonds is 1. The summed E-state index contributed by atoms with van der Waals surface area (Å²) in [6.07, 6.45) is 9.43. The van der Waals surface area contributed by atoms with E-state index in [1.165, 1.54) is 0 Å². The third-order valence-electron chi connectivity index (χ3n) is 14.1. The molecule has 0 saturated heterocycles. The minimum atomic E-state index is -0.940. The predicted molar refractivity (Wildman–Crippen MR) is 134 cm³/mol. The predicted octanol–water partition coefficient (Wildman–Crippen LogP) is 6.28. The molecule has 0 amide bonds. The minimum absolute atomic E-state index is 0.0365. The molecular weight excluding hydrogens is 424 g/mol. The molecule has 5 aliphatic carbocycles. The van der Waals surface area contributed by atoms with E-state index in [9.17, 15) is 20.1 Å². The van der Waals surface area contributed by atoms with Crippen LogP contribution in [0, 0.1) is 56.7 Å². The molecule has 11 atom stereocenters. The maximum absolute atomic E-state index is 12.9. The van der Waals surface area contributed by atoms with Gasteiger partial charge in [0.2, 0.25) is 0 Å². The molecule has 0 aliphatic heterocycles. The summed E-state index contributed by atoms with van der Waals surface area (Å²) in [5, 5.41) is 33.4. The third-order valence-corrected chi connectivity index (χ3v) is 14.1. The van der Waals surface area contributed by atoms with Crippen LogP contribution in [0.15, 0.2) is 0 Å². The van der Waals surface area contributed by atoms with Gasteiger partial charge < -0.3 is 15.3 Å². The highest BCUT2D eigenvalue weighted by atomic mass is 16.4. The second-order valence-corrected chi connectivity index (χ2v) is 15.1. The highest BCUT2D eigenvalue weighted by molar-refractivity contribution is 5.76. The van der Waals surface area contributed by atoms with E-state index >= 15 is 0 Å². The number of carboxylic acids is 1. The molecule has 0 aromatic carbocycles. The molecule has 4 nitrogen and oxygen atoms in total. The van der Waals surface area contributed by atoms with Crippen molar-refractivity contribution in [3.8, 4) is 0 Å². The maximum Gasteiger partial charge on any atom is 0.310 e. The smallest absolute Gasteiger partial charge is 0.310 e. The Morgan fingerprint density at radius 3 is 2.09 bits per heavy atom. The fourth-order valence-electron chi connectivity index (χ4n) is 11.7. The van der Waals surface area contributed by atoms with Crippen molar-refractivity contribution in [3.63, 3.8) is 0 Å². The molecule has 194 valence electrons. The minimum Gasteiger partial charge on any atom is -0.481 e. The number of carboxylic acid groups (broad SMARTS) is 1. The average Bonchev–Trinajstić information content (AvgIpc) is 2.74. The van der Waals surface area contributed by atoms with Crippen molar-refractivity contribution >= 4 is 5.97 Å². The second kappa shape index (κ2) is 7.24. The first kappa shape index (κ1) is 25.1. The molecule has 0 heterocycles. The van der Waals surface area contributed by atoms with Crippen LogP contribution in [0.25, 0.3) is 0 Å². The Labute approximate surface area is 207 Å². The standard InChI is InChI=1S/C30H50O4/c1-18-10-15-30(24(32)33)17-16-27(5)19(23(30)29(18,7)34)8-9-21-26(4)13-12-22(31)25(2,3)20(26)11-14-28(21,27)6/h18-23,31,34H,8-17H2,1-7H3,(H,32,33)/t18-,19-,20+,21-,22+,23+,26+,27-,28-,29-,30+/m1/s1. The fourth-order valence-corrected chi connectivity index (χ4v) is 11.7. The molecule has 4 heteroatoms. The zero-order valence-electron chi connectivity index (χ0n) is 22.8. The van der Waals surface area contributed by atoms with Gasteiger partial charge in [-0.2, -0.15) is 0 Å². The van der Waals surface area contributed by atoms with Gasteiger partial charge in [-0.05, 0) is 116 Å². The first-order valence-corrected chi connectivity index (χ1v) is 14.2. The summed E-state index contributed by atoms with van der Waals surface area (Å²) in [5.74, 6) is 0.660. The maximum atomic E-state index is 12.9. The van der Waals surface area contributed by atoms with E-state index in [0.29, 0.717) is 24.7 Å². The molecule has 0 spiro atoms. The van der Waals surface area contributed by atoms with Crippen molar-refractivity contribution in [1.29, 1.82) is 0 Å². The quantitative estimate of drug-likeness (QED) is 0.418. The van der Waals surface area contributed by atoms with Crippen molar-refractivity contribution < 1.29 is 20.1 Å². The van der Waals surface area contributed by atoms with Gasteiger partial charge >= 0.3 is 5.97 Å². The van der Waals surface area contributed by atoms with Crippen molar-refractivity contribution in [1.82, 2.24) is 0 Å². The molecule has 0 bridgehead atoms. The van der Waals surface area contributed by atoms with Gasteiger partial charge in [0.25, 0.3) is 0 Å². The lowest BCUT2D eigenvalue weighted by Gasteiger charge is -2.74. The fraction of sp³-hybridized carbons (Fsp3) is 0.967. The molecule has 0 aromatic heterocycles.